The molecule has 0 amide bonds. The summed E-state index contributed by atoms with van der Waals surface area (Å²) in [5, 5.41) is 12.4. The van der Waals surface area contributed by atoms with Crippen LogP contribution >= 0.6 is 0 Å². The van der Waals surface area contributed by atoms with Crippen molar-refractivity contribution in [1.82, 2.24) is 4.72 Å². The number of sulfonamides is 1. The second kappa shape index (κ2) is 8.64. The van der Waals surface area contributed by atoms with Gasteiger partial charge in [-0.2, -0.15) is 0 Å². The van der Waals surface area contributed by atoms with E-state index in [4.69, 9.17) is 0 Å². The van der Waals surface area contributed by atoms with Gasteiger partial charge in [0.2, 0.25) is 10.0 Å². The summed E-state index contributed by atoms with van der Waals surface area (Å²) in [6.07, 6.45) is 1.88. The molecule has 25 heavy (non-hydrogen) atoms. The van der Waals surface area contributed by atoms with E-state index in [-0.39, 0.29) is 17.0 Å². The molecule has 0 atom stereocenters. The summed E-state index contributed by atoms with van der Waals surface area (Å²) in [6, 6.07) is 13.2. The maximum atomic E-state index is 12.4. The van der Waals surface area contributed by atoms with Crippen LogP contribution in [0, 0.1) is 0 Å². The van der Waals surface area contributed by atoms with E-state index in [9.17, 15) is 18.3 Å². The van der Waals surface area contributed by atoms with Crippen LogP contribution in [0.3, 0.4) is 0 Å². The highest BCUT2D eigenvalue weighted by Gasteiger charge is 2.18. The van der Waals surface area contributed by atoms with E-state index in [0.717, 1.165) is 18.4 Å². The van der Waals surface area contributed by atoms with E-state index in [2.05, 4.69) is 10.0 Å². The summed E-state index contributed by atoms with van der Waals surface area (Å²) in [5.74, 6) is -1.17. The molecule has 0 aliphatic heterocycles. The number of hydrogen-bond donors (Lipinski definition) is 3. The van der Waals surface area contributed by atoms with Crippen LogP contribution in [-0.4, -0.2) is 26.0 Å². The molecule has 0 unspecified atom stereocenters. The Morgan fingerprint density at radius 2 is 1.84 bits per heavy atom. The topological polar surface area (TPSA) is 95.5 Å². The Morgan fingerprint density at radius 3 is 2.48 bits per heavy atom. The van der Waals surface area contributed by atoms with Gasteiger partial charge in [-0.05, 0) is 30.2 Å². The predicted molar refractivity (Wildman–Crippen MR) is 97.3 cm³/mol. The number of carbonyl (C=O) groups is 1. The molecule has 0 aliphatic carbocycles. The van der Waals surface area contributed by atoms with Crippen LogP contribution in [0.1, 0.15) is 35.7 Å². The van der Waals surface area contributed by atoms with Gasteiger partial charge in [0, 0.05) is 18.8 Å². The first-order valence-electron chi connectivity index (χ1n) is 8.09. The first-order valence-corrected chi connectivity index (χ1v) is 9.57. The predicted octanol–water partition coefficient (Wildman–Crippen LogP) is 3.08. The zero-order chi connectivity index (χ0) is 18.3. The van der Waals surface area contributed by atoms with Gasteiger partial charge in [-0.15, -0.1) is 0 Å². The number of benzene rings is 2. The Labute approximate surface area is 147 Å². The highest BCUT2D eigenvalue weighted by molar-refractivity contribution is 7.89. The fraction of sp³-hybridized carbons (Fsp3) is 0.278. The molecule has 0 bridgehead atoms. The average molecular weight is 362 g/mol. The lowest BCUT2D eigenvalue weighted by molar-refractivity contribution is 0.0697. The molecule has 2 aromatic rings. The van der Waals surface area contributed by atoms with E-state index in [1.54, 1.807) is 0 Å². The van der Waals surface area contributed by atoms with E-state index in [1.807, 2.05) is 37.3 Å². The molecule has 0 radical (unpaired) electrons. The molecule has 0 heterocycles. The molecule has 0 saturated heterocycles. The lowest BCUT2D eigenvalue weighted by Crippen LogP contribution is -2.23. The first kappa shape index (κ1) is 19.0. The fourth-order valence-corrected chi connectivity index (χ4v) is 3.32. The third-order valence-corrected chi connectivity index (χ3v) is 5.09. The Morgan fingerprint density at radius 1 is 1.12 bits per heavy atom. The van der Waals surface area contributed by atoms with Gasteiger partial charge < -0.3 is 10.4 Å². The number of carboxylic acid groups (broad SMARTS) is 1. The van der Waals surface area contributed by atoms with Gasteiger partial charge >= 0.3 is 5.97 Å². The Hall–Kier alpha value is -2.38. The van der Waals surface area contributed by atoms with E-state index in [1.165, 1.54) is 18.2 Å². The zero-order valence-corrected chi connectivity index (χ0v) is 14.8. The van der Waals surface area contributed by atoms with Gasteiger partial charge in [0.05, 0.1) is 10.5 Å². The monoisotopic (exact) mass is 362 g/mol. The quantitative estimate of drug-likeness (QED) is 0.596. The van der Waals surface area contributed by atoms with Crippen LogP contribution in [0.4, 0.5) is 5.69 Å². The highest BCUT2D eigenvalue weighted by atomic mass is 32.2. The van der Waals surface area contributed by atoms with Crippen LogP contribution in [0.5, 0.6) is 0 Å². The van der Waals surface area contributed by atoms with Crippen molar-refractivity contribution in [3.63, 3.8) is 0 Å². The Balaban J connectivity index is 2.19. The van der Waals surface area contributed by atoms with Crippen molar-refractivity contribution in [3.05, 3.63) is 59.7 Å². The van der Waals surface area contributed by atoms with E-state index >= 15 is 0 Å². The molecule has 0 spiro atoms. The molecular weight excluding hydrogens is 340 g/mol. The zero-order valence-electron chi connectivity index (χ0n) is 14.0. The Kier molecular flexibility index (Phi) is 6.55. The second-order valence-corrected chi connectivity index (χ2v) is 7.37. The molecule has 0 aromatic heterocycles. The van der Waals surface area contributed by atoms with Crippen LogP contribution in [0.25, 0.3) is 0 Å². The fourth-order valence-electron chi connectivity index (χ4n) is 2.28. The van der Waals surface area contributed by atoms with E-state index < -0.39 is 16.0 Å². The summed E-state index contributed by atoms with van der Waals surface area (Å²) in [6.45, 7) is 2.81. The molecule has 3 N–H and O–H groups in total. The Bertz CT molecular complexity index is 820. The third kappa shape index (κ3) is 5.30. The minimum atomic E-state index is -3.80. The van der Waals surface area contributed by atoms with Crippen molar-refractivity contribution in [2.75, 3.05) is 11.9 Å². The molecule has 134 valence electrons. The SMILES string of the molecule is CCCCNc1ccc(S(=O)(=O)NCc2ccccc2)cc1C(=O)O. The summed E-state index contributed by atoms with van der Waals surface area (Å²) in [7, 11) is -3.80. The van der Waals surface area contributed by atoms with Gasteiger partial charge in [0.25, 0.3) is 0 Å². The van der Waals surface area contributed by atoms with Crippen LogP contribution in [0.15, 0.2) is 53.4 Å². The minimum Gasteiger partial charge on any atom is -0.478 e. The number of aromatic carboxylic acids is 1. The first-order chi connectivity index (χ1) is 11.9. The summed E-state index contributed by atoms with van der Waals surface area (Å²) < 4.78 is 27.3. The van der Waals surface area contributed by atoms with Crippen molar-refractivity contribution in [2.24, 2.45) is 0 Å². The summed E-state index contributed by atoms with van der Waals surface area (Å²) >= 11 is 0. The van der Waals surface area contributed by atoms with Crippen LogP contribution in [0.2, 0.25) is 0 Å². The lowest BCUT2D eigenvalue weighted by Gasteiger charge is -2.12. The third-order valence-electron chi connectivity index (χ3n) is 3.69. The standard InChI is InChI=1S/C18H22N2O4S/c1-2-3-11-19-17-10-9-15(12-16(17)18(21)22)25(23,24)20-13-14-7-5-4-6-8-14/h4-10,12,19-20H,2-3,11,13H2,1H3,(H,21,22). The van der Waals surface area contributed by atoms with Crippen molar-refractivity contribution < 1.29 is 18.3 Å². The molecule has 2 rings (SSSR count). The average Bonchev–Trinajstić information content (AvgIpc) is 2.61. The number of rotatable bonds is 9. The largest absolute Gasteiger partial charge is 0.478 e. The van der Waals surface area contributed by atoms with Crippen LogP contribution in [-0.2, 0) is 16.6 Å². The lowest BCUT2D eigenvalue weighted by atomic mass is 10.1. The van der Waals surface area contributed by atoms with E-state index in [0.29, 0.717) is 12.2 Å². The number of hydrogen-bond acceptors (Lipinski definition) is 4. The maximum Gasteiger partial charge on any atom is 0.337 e. The van der Waals surface area contributed by atoms with Gasteiger partial charge in [-0.3, -0.25) is 0 Å². The van der Waals surface area contributed by atoms with Gasteiger partial charge in [-0.25, -0.2) is 17.9 Å². The maximum absolute atomic E-state index is 12.4. The van der Waals surface area contributed by atoms with Gasteiger partial charge in [0.15, 0.2) is 0 Å². The summed E-state index contributed by atoms with van der Waals surface area (Å²) in [5.41, 5.74) is 1.18. The second-order valence-electron chi connectivity index (χ2n) is 5.60. The summed E-state index contributed by atoms with van der Waals surface area (Å²) in [4.78, 5) is 11.4. The van der Waals surface area contributed by atoms with Crippen molar-refractivity contribution in [1.29, 1.82) is 0 Å². The number of carboxylic acids is 1. The minimum absolute atomic E-state index is 0.0568. The van der Waals surface area contributed by atoms with Crippen LogP contribution < -0.4 is 10.0 Å². The smallest absolute Gasteiger partial charge is 0.337 e. The van der Waals surface area contributed by atoms with Gasteiger partial charge in [0.1, 0.15) is 0 Å². The molecule has 0 saturated carbocycles. The number of unbranched alkanes of at least 4 members (excludes halogenated alkanes) is 1. The van der Waals surface area contributed by atoms with Crippen molar-refractivity contribution >= 4 is 21.7 Å². The molecular formula is C18H22N2O4S. The number of anilines is 1. The molecule has 7 heteroatoms. The normalized spacial score (nSPS) is 11.2. The molecule has 0 aliphatic rings. The van der Waals surface area contributed by atoms with Crippen molar-refractivity contribution in [3.8, 4) is 0 Å². The molecule has 2 aromatic carbocycles. The molecule has 6 nitrogen and oxygen atoms in total. The van der Waals surface area contributed by atoms with Crippen molar-refractivity contribution in [2.45, 2.75) is 31.2 Å². The van der Waals surface area contributed by atoms with Gasteiger partial charge in [-0.1, -0.05) is 43.7 Å². The highest BCUT2D eigenvalue weighted by Crippen LogP contribution is 2.21. The number of nitrogens with one attached hydrogen (secondary N) is 2. The molecule has 0 fully saturated rings.